The van der Waals surface area contributed by atoms with Gasteiger partial charge in [-0.25, -0.2) is 19.7 Å². The van der Waals surface area contributed by atoms with Crippen LogP contribution in [-0.2, 0) is 0 Å². The third kappa shape index (κ3) is 3.31. The monoisotopic (exact) mass is 431 g/mol. The maximum absolute atomic E-state index is 10.9. The second-order valence-corrected chi connectivity index (χ2v) is 6.24. The number of carboxylic acid groups (broad SMARTS) is 1. The SMILES string of the molecule is Br.Cc1nc2ncccn2c1-c1csc(Nc2ccc(C(=O)O)cc2)n1. The first-order valence-electron chi connectivity index (χ1n) is 7.48. The molecule has 0 aliphatic carbocycles. The molecule has 0 saturated heterocycles. The highest BCUT2D eigenvalue weighted by Crippen LogP contribution is 2.29. The molecule has 0 radical (unpaired) electrons. The van der Waals surface area contributed by atoms with Crippen LogP contribution in [0, 0.1) is 6.92 Å². The molecule has 0 fully saturated rings. The number of fused-ring (bicyclic) bond motifs is 1. The van der Waals surface area contributed by atoms with E-state index in [1.54, 1.807) is 30.5 Å². The first-order valence-corrected chi connectivity index (χ1v) is 8.36. The molecule has 3 heterocycles. The summed E-state index contributed by atoms with van der Waals surface area (Å²) in [5.74, 6) is -0.304. The van der Waals surface area contributed by atoms with E-state index >= 15 is 0 Å². The number of imidazole rings is 1. The first kappa shape index (κ1) is 18.0. The average molecular weight is 432 g/mol. The highest BCUT2D eigenvalue weighted by Gasteiger charge is 2.14. The summed E-state index contributed by atoms with van der Waals surface area (Å²) in [6.07, 6.45) is 3.62. The zero-order valence-electron chi connectivity index (χ0n) is 13.6. The van der Waals surface area contributed by atoms with Crippen molar-refractivity contribution in [2.45, 2.75) is 6.92 Å². The van der Waals surface area contributed by atoms with Gasteiger partial charge in [0.1, 0.15) is 5.69 Å². The van der Waals surface area contributed by atoms with Crippen LogP contribution in [0.5, 0.6) is 0 Å². The van der Waals surface area contributed by atoms with E-state index in [0.29, 0.717) is 5.78 Å². The number of halogens is 1. The van der Waals surface area contributed by atoms with Crippen LogP contribution < -0.4 is 5.32 Å². The standard InChI is InChI=1S/C17H13N5O2S.BrH/c1-10-14(22-8-2-7-18-16(22)19-10)13-9-25-17(21-13)20-12-5-3-11(4-6-12)15(23)24;/h2-9H,1H3,(H,20,21)(H,23,24);1H. The second-order valence-electron chi connectivity index (χ2n) is 5.38. The van der Waals surface area contributed by atoms with Crippen molar-refractivity contribution in [3.05, 3.63) is 59.4 Å². The fourth-order valence-corrected chi connectivity index (χ4v) is 3.28. The molecule has 0 unspecified atom stereocenters. The summed E-state index contributed by atoms with van der Waals surface area (Å²) in [5.41, 5.74) is 3.62. The number of thiazole rings is 1. The largest absolute Gasteiger partial charge is 0.478 e. The number of aryl methyl sites for hydroxylation is 1. The Hall–Kier alpha value is -2.78. The van der Waals surface area contributed by atoms with Crippen molar-refractivity contribution in [1.82, 2.24) is 19.4 Å². The Balaban J connectivity index is 0.00000196. The van der Waals surface area contributed by atoms with E-state index < -0.39 is 5.97 Å². The van der Waals surface area contributed by atoms with Crippen molar-refractivity contribution >= 4 is 50.9 Å². The molecule has 0 spiro atoms. The number of hydrogen-bond acceptors (Lipinski definition) is 6. The van der Waals surface area contributed by atoms with Gasteiger partial charge in [0, 0.05) is 23.5 Å². The highest BCUT2D eigenvalue weighted by atomic mass is 79.9. The summed E-state index contributed by atoms with van der Waals surface area (Å²) in [7, 11) is 0. The fraction of sp³-hybridized carbons (Fsp3) is 0.0588. The maximum Gasteiger partial charge on any atom is 0.335 e. The smallest absolute Gasteiger partial charge is 0.335 e. The molecule has 0 aliphatic heterocycles. The Kier molecular flexibility index (Phi) is 5.01. The summed E-state index contributed by atoms with van der Waals surface area (Å²) in [4.78, 5) is 24.2. The Labute approximate surface area is 163 Å². The van der Waals surface area contributed by atoms with E-state index in [1.807, 2.05) is 29.0 Å². The molecule has 4 rings (SSSR count). The maximum atomic E-state index is 10.9. The van der Waals surface area contributed by atoms with Gasteiger partial charge in [0.2, 0.25) is 5.78 Å². The van der Waals surface area contributed by atoms with E-state index in [9.17, 15) is 4.79 Å². The average Bonchev–Trinajstić information content (AvgIpc) is 3.18. The normalized spacial score (nSPS) is 10.5. The van der Waals surface area contributed by atoms with Crippen LogP contribution in [0.2, 0.25) is 0 Å². The lowest BCUT2D eigenvalue weighted by molar-refractivity contribution is 0.0697. The minimum Gasteiger partial charge on any atom is -0.478 e. The number of nitrogens with zero attached hydrogens (tertiary/aromatic N) is 4. The number of rotatable bonds is 4. The molecule has 2 N–H and O–H groups in total. The van der Waals surface area contributed by atoms with Crippen LogP contribution in [0.25, 0.3) is 17.2 Å². The molecule has 0 aliphatic rings. The zero-order chi connectivity index (χ0) is 17.4. The molecule has 132 valence electrons. The number of benzene rings is 1. The van der Waals surface area contributed by atoms with E-state index in [1.165, 1.54) is 11.3 Å². The molecule has 0 bridgehead atoms. The van der Waals surface area contributed by atoms with Gasteiger partial charge < -0.3 is 10.4 Å². The number of nitrogens with one attached hydrogen (secondary N) is 1. The number of anilines is 2. The molecule has 9 heteroatoms. The third-order valence-electron chi connectivity index (χ3n) is 3.71. The summed E-state index contributed by atoms with van der Waals surface area (Å²) in [6.45, 7) is 1.93. The van der Waals surface area contributed by atoms with Crippen LogP contribution in [0.15, 0.2) is 48.1 Å². The Morgan fingerprint density at radius 2 is 2.00 bits per heavy atom. The lowest BCUT2D eigenvalue weighted by Crippen LogP contribution is -1.96. The van der Waals surface area contributed by atoms with Crippen LogP contribution in [0.3, 0.4) is 0 Å². The topological polar surface area (TPSA) is 92.4 Å². The number of carboxylic acids is 1. The summed E-state index contributed by atoms with van der Waals surface area (Å²) in [6, 6.07) is 8.40. The predicted octanol–water partition coefficient (Wildman–Crippen LogP) is 4.18. The van der Waals surface area contributed by atoms with Gasteiger partial charge in [-0.05, 0) is 37.3 Å². The number of carbonyl (C=O) groups is 1. The molecule has 0 saturated carbocycles. The van der Waals surface area contributed by atoms with Gasteiger partial charge in [0.25, 0.3) is 0 Å². The lowest BCUT2D eigenvalue weighted by atomic mass is 10.2. The molecule has 7 nitrogen and oxygen atoms in total. The number of hydrogen-bond donors (Lipinski definition) is 2. The molecular formula is C17H14BrN5O2S. The van der Waals surface area contributed by atoms with Crippen LogP contribution >= 0.6 is 28.3 Å². The van der Waals surface area contributed by atoms with Gasteiger partial charge in [-0.1, -0.05) is 0 Å². The van der Waals surface area contributed by atoms with Gasteiger partial charge in [0.15, 0.2) is 5.13 Å². The van der Waals surface area contributed by atoms with Crippen molar-refractivity contribution in [3.63, 3.8) is 0 Å². The molecule has 0 atom stereocenters. The van der Waals surface area contributed by atoms with E-state index in [-0.39, 0.29) is 22.5 Å². The Morgan fingerprint density at radius 1 is 1.23 bits per heavy atom. The van der Waals surface area contributed by atoms with Crippen molar-refractivity contribution in [3.8, 4) is 11.4 Å². The first-order chi connectivity index (χ1) is 12.1. The van der Waals surface area contributed by atoms with Gasteiger partial charge in [-0.15, -0.1) is 28.3 Å². The molecule has 4 aromatic rings. The van der Waals surface area contributed by atoms with Crippen LogP contribution in [0.1, 0.15) is 16.1 Å². The zero-order valence-corrected chi connectivity index (χ0v) is 16.1. The second kappa shape index (κ2) is 7.22. The number of aromatic carboxylic acids is 1. The highest BCUT2D eigenvalue weighted by molar-refractivity contribution is 8.93. The molecule has 0 amide bonds. The van der Waals surface area contributed by atoms with Gasteiger partial charge in [0.05, 0.1) is 17.0 Å². The lowest BCUT2D eigenvalue weighted by Gasteiger charge is -2.03. The molecular weight excluding hydrogens is 418 g/mol. The predicted molar refractivity (Wildman–Crippen MR) is 106 cm³/mol. The molecule has 26 heavy (non-hydrogen) atoms. The van der Waals surface area contributed by atoms with E-state index in [2.05, 4.69) is 20.3 Å². The van der Waals surface area contributed by atoms with Gasteiger partial charge in [-0.3, -0.25) is 4.40 Å². The van der Waals surface area contributed by atoms with Crippen molar-refractivity contribution < 1.29 is 9.90 Å². The minimum atomic E-state index is -0.945. The molecule has 3 aromatic heterocycles. The summed E-state index contributed by atoms with van der Waals surface area (Å²) < 4.78 is 1.91. The summed E-state index contributed by atoms with van der Waals surface area (Å²) >= 11 is 1.47. The number of aromatic nitrogens is 4. The van der Waals surface area contributed by atoms with Crippen molar-refractivity contribution in [1.29, 1.82) is 0 Å². The van der Waals surface area contributed by atoms with Crippen LogP contribution in [0.4, 0.5) is 10.8 Å². The molecule has 1 aromatic carbocycles. The Morgan fingerprint density at radius 3 is 2.73 bits per heavy atom. The van der Waals surface area contributed by atoms with Crippen molar-refractivity contribution in [2.24, 2.45) is 0 Å². The van der Waals surface area contributed by atoms with Crippen LogP contribution in [-0.4, -0.2) is 30.4 Å². The van der Waals surface area contributed by atoms with Gasteiger partial charge >= 0.3 is 5.97 Å². The van der Waals surface area contributed by atoms with E-state index in [0.717, 1.165) is 27.9 Å². The quantitative estimate of drug-likeness (QED) is 0.503. The van der Waals surface area contributed by atoms with E-state index in [4.69, 9.17) is 5.11 Å². The Bertz CT molecular complexity index is 1070. The summed E-state index contributed by atoms with van der Waals surface area (Å²) in [5, 5.41) is 14.8. The minimum absolute atomic E-state index is 0. The van der Waals surface area contributed by atoms with Crippen molar-refractivity contribution in [2.75, 3.05) is 5.32 Å². The third-order valence-corrected chi connectivity index (χ3v) is 4.47. The fourth-order valence-electron chi connectivity index (χ4n) is 2.57. The van der Waals surface area contributed by atoms with Gasteiger partial charge in [-0.2, -0.15) is 0 Å².